The minimum atomic E-state index is -4.24. The van der Waals surface area contributed by atoms with Gasteiger partial charge in [-0.2, -0.15) is 13.2 Å². The van der Waals surface area contributed by atoms with Crippen LogP contribution in [0.5, 0.6) is 0 Å². The molecule has 2 heterocycles. The number of thiophene rings is 1. The Labute approximate surface area is 103 Å². The van der Waals surface area contributed by atoms with Gasteiger partial charge in [0.1, 0.15) is 0 Å². The van der Waals surface area contributed by atoms with Crippen molar-refractivity contribution in [1.29, 1.82) is 0 Å². The van der Waals surface area contributed by atoms with E-state index >= 15 is 0 Å². The van der Waals surface area contributed by atoms with E-state index in [2.05, 4.69) is 0 Å². The number of aryl methyl sites for hydroxylation is 1. The van der Waals surface area contributed by atoms with Crippen LogP contribution in [0.3, 0.4) is 0 Å². The molecular formula is C10H8F3NOS2. The summed E-state index contributed by atoms with van der Waals surface area (Å²) in [5.74, 6) is -0.154. The van der Waals surface area contributed by atoms with Gasteiger partial charge in [0.25, 0.3) is 5.56 Å². The fourth-order valence-electron chi connectivity index (χ4n) is 1.44. The molecule has 0 amide bonds. The fraction of sp³-hybridized carbons (Fsp3) is 0.300. The van der Waals surface area contributed by atoms with Crippen LogP contribution in [0, 0.1) is 0 Å². The van der Waals surface area contributed by atoms with E-state index in [1.807, 2.05) is 0 Å². The molecule has 2 aromatic heterocycles. The first-order valence-corrected chi connectivity index (χ1v) is 6.61. The van der Waals surface area contributed by atoms with Crippen molar-refractivity contribution in [2.45, 2.75) is 12.1 Å². The van der Waals surface area contributed by atoms with Gasteiger partial charge in [-0.1, -0.05) is 0 Å². The Bertz CT molecular complexity index is 573. The molecule has 0 aliphatic rings. The summed E-state index contributed by atoms with van der Waals surface area (Å²) in [5.41, 5.74) is -4.47. The molecule has 17 heavy (non-hydrogen) atoms. The van der Waals surface area contributed by atoms with Gasteiger partial charge >= 0.3 is 5.51 Å². The number of pyridine rings is 1. The number of thioether (sulfide) groups is 1. The van der Waals surface area contributed by atoms with Gasteiger partial charge in [-0.05, 0) is 29.3 Å². The third-order valence-corrected chi connectivity index (χ3v) is 3.79. The Morgan fingerprint density at radius 3 is 2.82 bits per heavy atom. The molecule has 2 aromatic rings. The molecule has 0 bridgehead atoms. The van der Waals surface area contributed by atoms with E-state index in [0.29, 0.717) is 5.39 Å². The molecule has 7 heteroatoms. The minimum absolute atomic E-state index is 0.0643. The lowest BCUT2D eigenvalue weighted by molar-refractivity contribution is -0.0328. The summed E-state index contributed by atoms with van der Waals surface area (Å²) >= 11 is 1.33. The van der Waals surface area contributed by atoms with E-state index in [0.717, 1.165) is 4.70 Å². The SMILES string of the molecule is O=c1c2ccsc2ccn1CCSC(F)(F)F. The number of alkyl halides is 3. The third kappa shape index (κ3) is 3.04. The van der Waals surface area contributed by atoms with Crippen molar-refractivity contribution >= 4 is 33.2 Å². The molecule has 0 aromatic carbocycles. The van der Waals surface area contributed by atoms with Gasteiger partial charge < -0.3 is 4.57 Å². The Morgan fingerprint density at radius 1 is 1.35 bits per heavy atom. The van der Waals surface area contributed by atoms with Gasteiger partial charge in [-0.3, -0.25) is 4.79 Å². The van der Waals surface area contributed by atoms with E-state index in [4.69, 9.17) is 0 Å². The Morgan fingerprint density at radius 2 is 2.12 bits per heavy atom. The molecule has 0 aliphatic carbocycles. The molecule has 2 rings (SSSR count). The van der Waals surface area contributed by atoms with E-state index < -0.39 is 5.51 Å². The zero-order valence-corrected chi connectivity index (χ0v) is 10.2. The first kappa shape index (κ1) is 12.5. The summed E-state index contributed by atoms with van der Waals surface area (Å²) in [5, 5.41) is 2.36. The molecule has 0 N–H and O–H groups in total. The van der Waals surface area contributed by atoms with Gasteiger partial charge in [0.15, 0.2) is 0 Å². The molecular weight excluding hydrogens is 271 g/mol. The summed E-state index contributed by atoms with van der Waals surface area (Å²) in [6.07, 6.45) is 1.54. The summed E-state index contributed by atoms with van der Waals surface area (Å²) in [6, 6.07) is 3.44. The molecule has 0 unspecified atom stereocenters. The van der Waals surface area contributed by atoms with E-state index in [9.17, 15) is 18.0 Å². The van der Waals surface area contributed by atoms with Crippen molar-refractivity contribution in [2.75, 3.05) is 5.75 Å². The Balaban J connectivity index is 2.14. The second-order valence-corrected chi connectivity index (χ2v) is 5.41. The number of nitrogens with zero attached hydrogens (tertiary/aromatic N) is 1. The number of hydrogen-bond acceptors (Lipinski definition) is 3. The number of halogens is 3. The van der Waals surface area contributed by atoms with Gasteiger partial charge in [0.2, 0.25) is 0 Å². The molecule has 0 saturated carbocycles. The van der Waals surface area contributed by atoms with Crippen LogP contribution in [0.1, 0.15) is 0 Å². The molecule has 0 saturated heterocycles. The molecule has 0 spiro atoms. The maximum atomic E-state index is 11.9. The highest BCUT2D eigenvalue weighted by molar-refractivity contribution is 8.00. The molecule has 0 aliphatic heterocycles. The standard InChI is InChI=1S/C10H8F3NOS2/c11-10(12,13)17-6-4-14-3-1-8-7(9(14)15)2-5-16-8/h1-3,5H,4,6H2. The zero-order valence-electron chi connectivity index (χ0n) is 8.53. The van der Waals surface area contributed by atoms with Crippen molar-refractivity contribution in [3.63, 3.8) is 0 Å². The number of hydrogen-bond donors (Lipinski definition) is 0. The summed E-state index contributed by atoms with van der Waals surface area (Å²) in [7, 11) is 0. The Kier molecular flexibility index (Phi) is 3.48. The minimum Gasteiger partial charge on any atom is -0.314 e. The fourth-order valence-corrected chi connectivity index (χ4v) is 2.73. The van der Waals surface area contributed by atoms with Gasteiger partial charge in [-0.15, -0.1) is 11.3 Å². The van der Waals surface area contributed by atoms with Crippen LogP contribution >= 0.6 is 23.1 Å². The van der Waals surface area contributed by atoms with Gasteiger partial charge in [0.05, 0.1) is 5.39 Å². The normalized spacial score (nSPS) is 12.2. The predicted octanol–water partition coefficient (Wildman–Crippen LogP) is 3.32. The van der Waals surface area contributed by atoms with Crippen molar-refractivity contribution in [2.24, 2.45) is 0 Å². The lowest BCUT2D eigenvalue weighted by Crippen LogP contribution is -2.20. The van der Waals surface area contributed by atoms with Crippen molar-refractivity contribution in [3.8, 4) is 0 Å². The van der Waals surface area contributed by atoms with Crippen LogP contribution < -0.4 is 5.56 Å². The van der Waals surface area contributed by atoms with Crippen LogP contribution in [-0.2, 0) is 6.54 Å². The highest BCUT2D eigenvalue weighted by Gasteiger charge is 2.27. The number of aromatic nitrogens is 1. The predicted molar refractivity (Wildman–Crippen MR) is 64.6 cm³/mol. The van der Waals surface area contributed by atoms with Crippen LogP contribution in [0.15, 0.2) is 28.5 Å². The van der Waals surface area contributed by atoms with Crippen LogP contribution in [-0.4, -0.2) is 15.8 Å². The second-order valence-electron chi connectivity index (χ2n) is 3.31. The average molecular weight is 279 g/mol. The third-order valence-electron chi connectivity index (χ3n) is 2.19. The van der Waals surface area contributed by atoms with E-state index in [1.54, 1.807) is 17.5 Å². The van der Waals surface area contributed by atoms with Gasteiger partial charge in [-0.25, -0.2) is 0 Å². The summed E-state index contributed by atoms with van der Waals surface area (Å²) in [6.45, 7) is 0.0643. The maximum absolute atomic E-state index is 11.9. The molecule has 0 fully saturated rings. The van der Waals surface area contributed by atoms with Gasteiger partial charge in [0, 0.05) is 23.2 Å². The summed E-state index contributed by atoms with van der Waals surface area (Å²) < 4.78 is 38.0. The smallest absolute Gasteiger partial charge is 0.314 e. The highest BCUT2D eigenvalue weighted by Crippen LogP contribution is 2.29. The monoisotopic (exact) mass is 279 g/mol. The first-order valence-electron chi connectivity index (χ1n) is 4.75. The van der Waals surface area contributed by atoms with E-state index in [1.165, 1.54) is 22.1 Å². The lowest BCUT2D eigenvalue weighted by atomic mass is 10.3. The lowest BCUT2D eigenvalue weighted by Gasteiger charge is -2.07. The molecule has 0 atom stereocenters. The number of fused-ring (bicyclic) bond motifs is 1. The van der Waals surface area contributed by atoms with Crippen LogP contribution in [0.2, 0.25) is 0 Å². The largest absolute Gasteiger partial charge is 0.441 e. The maximum Gasteiger partial charge on any atom is 0.441 e. The molecule has 2 nitrogen and oxygen atoms in total. The Hall–Kier alpha value is -0.950. The highest BCUT2D eigenvalue weighted by atomic mass is 32.2. The van der Waals surface area contributed by atoms with Crippen molar-refractivity contribution in [1.82, 2.24) is 4.57 Å². The average Bonchev–Trinajstić information content (AvgIpc) is 2.68. The quantitative estimate of drug-likeness (QED) is 0.860. The molecule has 92 valence electrons. The summed E-state index contributed by atoms with van der Waals surface area (Å²) in [4.78, 5) is 11.8. The van der Waals surface area contributed by atoms with Crippen LogP contribution in [0.4, 0.5) is 13.2 Å². The first-order chi connectivity index (χ1) is 7.97. The topological polar surface area (TPSA) is 22.0 Å². The van der Waals surface area contributed by atoms with Crippen LogP contribution in [0.25, 0.3) is 10.1 Å². The second kappa shape index (κ2) is 4.73. The zero-order chi connectivity index (χ0) is 12.5. The molecule has 0 radical (unpaired) electrons. The van der Waals surface area contributed by atoms with Crippen molar-refractivity contribution in [3.05, 3.63) is 34.1 Å². The van der Waals surface area contributed by atoms with Crippen molar-refractivity contribution < 1.29 is 13.2 Å². The number of rotatable bonds is 3. The van der Waals surface area contributed by atoms with E-state index in [-0.39, 0.29) is 29.6 Å².